The molecule has 0 heterocycles. The second kappa shape index (κ2) is 4.30. The lowest BCUT2D eigenvalue weighted by molar-refractivity contribution is 0.318. The van der Waals surface area contributed by atoms with E-state index in [2.05, 4.69) is 6.92 Å². The van der Waals surface area contributed by atoms with E-state index in [0.29, 0.717) is 6.61 Å². The average Bonchev–Trinajstić information content (AvgIpc) is 2.25. The van der Waals surface area contributed by atoms with Crippen LogP contribution in [-0.2, 0) is 0 Å². The fraction of sp³-hybridized carbons (Fsp3) is 0.231. The van der Waals surface area contributed by atoms with Crippen molar-refractivity contribution >= 4 is 10.8 Å². The first-order chi connectivity index (χ1) is 7.29. The van der Waals surface area contributed by atoms with Gasteiger partial charge in [-0.3, -0.25) is 0 Å². The number of hydrogen-bond acceptors (Lipinski definition) is 1. The van der Waals surface area contributed by atoms with Gasteiger partial charge in [-0.05, 0) is 41.5 Å². The normalized spacial score (nSPS) is 10.5. The fourth-order valence-corrected chi connectivity index (χ4v) is 1.51. The lowest BCUT2D eigenvalue weighted by Gasteiger charge is -2.05. The van der Waals surface area contributed by atoms with Gasteiger partial charge in [0.15, 0.2) is 0 Å². The lowest BCUT2D eigenvalue weighted by atomic mass is 10.1. The standard InChI is InChI=1S/C13H13FO/c1-2-7-15-13-6-4-10-3-5-12(14)8-11(10)9-13/h3-6,8-9H,2,7H2,1H3. The van der Waals surface area contributed by atoms with Crippen LogP contribution in [0.3, 0.4) is 0 Å². The van der Waals surface area contributed by atoms with Gasteiger partial charge >= 0.3 is 0 Å². The Morgan fingerprint density at radius 1 is 1.07 bits per heavy atom. The van der Waals surface area contributed by atoms with Crippen molar-refractivity contribution in [2.75, 3.05) is 6.61 Å². The minimum absolute atomic E-state index is 0.213. The Morgan fingerprint density at radius 3 is 2.67 bits per heavy atom. The van der Waals surface area contributed by atoms with Gasteiger partial charge in [-0.15, -0.1) is 0 Å². The Kier molecular flexibility index (Phi) is 2.86. The highest BCUT2D eigenvalue weighted by Crippen LogP contribution is 2.21. The van der Waals surface area contributed by atoms with E-state index in [1.165, 1.54) is 12.1 Å². The van der Waals surface area contributed by atoms with Crippen LogP contribution in [0, 0.1) is 5.82 Å². The van der Waals surface area contributed by atoms with E-state index in [9.17, 15) is 4.39 Å². The van der Waals surface area contributed by atoms with Crippen molar-refractivity contribution in [1.29, 1.82) is 0 Å². The summed E-state index contributed by atoms with van der Waals surface area (Å²) in [5.74, 6) is 0.588. The SMILES string of the molecule is CCCOc1ccc2ccc(F)cc2c1. The molecule has 15 heavy (non-hydrogen) atoms. The molecule has 0 bridgehead atoms. The first-order valence-corrected chi connectivity index (χ1v) is 5.11. The summed E-state index contributed by atoms with van der Waals surface area (Å²) < 4.78 is 18.5. The number of ether oxygens (including phenoxy) is 1. The summed E-state index contributed by atoms with van der Waals surface area (Å²) in [6.45, 7) is 2.75. The third kappa shape index (κ3) is 2.27. The van der Waals surface area contributed by atoms with Crippen molar-refractivity contribution in [2.24, 2.45) is 0 Å². The summed E-state index contributed by atoms with van der Waals surface area (Å²) >= 11 is 0. The van der Waals surface area contributed by atoms with Crippen LogP contribution in [0.15, 0.2) is 36.4 Å². The second-order valence-corrected chi connectivity index (χ2v) is 3.50. The highest BCUT2D eigenvalue weighted by Gasteiger charge is 1.98. The molecule has 0 spiro atoms. The smallest absolute Gasteiger partial charge is 0.123 e. The largest absolute Gasteiger partial charge is 0.494 e. The maximum Gasteiger partial charge on any atom is 0.123 e. The maximum atomic E-state index is 13.0. The monoisotopic (exact) mass is 204 g/mol. The number of hydrogen-bond donors (Lipinski definition) is 0. The third-order valence-electron chi connectivity index (χ3n) is 2.25. The first kappa shape index (κ1) is 9.97. The number of fused-ring (bicyclic) bond motifs is 1. The molecule has 2 aromatic carbocycles. The highest BCUT2D eigenvalue weighted by atomic mass is 19.1. The van der Waals surface area contributed by atoms with Gasteiger partial charge in [0.1, 0.15) is 11.6 Å². The molecule has 0 aromatic heterocycles. The van der Waals surface area contributed by atoms with Gasteiger partial charge in [0.05, 0.1) is 6.61 Å². The Labute approximate surface area is 88.5 Å². The Bertz CT molecular complexity index is 465. The highest BCUT2D eigenvalue weighted by molar-refractivity contribution is 5.83. The van der Waals surface area contributed by atoms with E-state index >= 15 is 0 Å². The Hall–Kier alpha value is -1.57. The molecule has 0 N–H and O–H groups in total. The van der Waals surface area contributed by atoms with Gasteiger partial charge < -0.3 is 4.74 Å². The van der Waals surface area contributed by atoms with Gasteiger partial charge in [-0.25, -0.2) is 4.39 Å². The summed E-state index contributed by atoms with van der Waals surface area (Å²) in [7, 11) is 0. The zero-order chi connectivity index (χ0) is 10.7. The molecule has 78 valence electrons. The van der Waals surface area contributed by atoms with Gasteiger partial charge in [0, 0.05) is 0 Å². The van der Waals surface area contributed by atoms with Crippen molar-refractivity contribution in [3.8, 4) is 5.75 Å². The molecule has 2 rings (SSSR count). The van der Waals surface area contributed by atoms with Crippen LogP contribution in [0.4, 0.5) is 4.39 Å². The fourth-order valence-electron chi connectivity index (χ4n) is 1.51. The predicted molar refractivity (Wildman–Crippen MR) is 59.7 cm³/mol. The van der Waals surface area contributed by atoms with Crippen molar-refractivity contribution < 1.29 is 9.13 Å². The molecule has 0 aliphatic carbocycles. The maximum absolute atomic E-state index is 13.0. The first-order valence-electron chi connectivity index (χ1n) is 5.11. The minimum Gasteiger partial charge on any atom is -0.494 e. The minimum atomic E-state index is -0.213. The molecule has 0 aliphatic heterocycles. The molecule has 0 unspecified atom stereocenters. The Morgan fingerprint density at radius 2 is 1.87 bits per heavy atom. The van der Waals surface area contributed by atoms with Gasteiger partial charge in [-0.2, -0.15) is 0 Å². The van der Waals surface area contributed by atoms with Crippen molar-refractivity contribution in [2.45, 2.75) is 13.3 Å². The molecule has 2 heteroatoms. The number of halogens is 1. The molecule has 0 saturated carbocycles. The van der Waals surface area contributed by atoms with Crippen LogP contribution in [0.1, 0.15) is 13.3 Å². The van der Waals surface area contributed by atoms with Crippen LogP contribution >= 0.6 is 0 Å². The van der Waals surface area contributed by atoms with Crippen LogP contribution < -0.4 is 4.74 Å². The van der Waals surface area contributed by atoms with Crippen molar-refractivity contribution in [3.05, 3.63) is 42.2 Å². The topological polar surface area (TPSA) is 9.23 Å². The molecule has 0 fully saturated rings. The van der Waals surface area contributed by atoms with Gasteiger partial charge in [0.2, 0.25) is 0 Å². The molecular weight excluding hydrogens is 191 g/mol. The van der Waals surface area contributed by atoms with E-state index in [1.807, 2.05) is 18.2 Å². The Balaban J connectivity index is 2.36. The van der Waals surface area contributed by atoms with Crippen LogP contribution in [0.2, 0.25) is 0 Å². The van der Waals surface area contributed by atoms with E-state index in [-0.39, 0.29) is 5.82 Å². The van der Waals surface area contributed by atoms with Gasteiger partial charge in [-0.1, -0.05) is 19.1 Å². The van der Waals surface area contributed by atoms with Crippen molar-refractivity contribution in [3.63, 3.8) is 0 Å². The number of benzene rings is 2. The molecule has 0 saturated heterocycles. The number of rotatable bonds is 3. The summed E-state index contributed by atoms with van der Waals surface area (Å²) in [5.41, 5.74) is 0. The van der Waals surface area contributed by atoms with E-state index < -0.39 is 0 Å². The molecular formula is C13H13FO. The molecule has 0 amide bonds. The molecule has 0 atom stereocenters. The third-order valence-corrected chi connectivity index (χ3v) is 2.25. The molecule has 0 radical (unpaired) electrons. The van der Waals surface area contributed by atoms with E-state index in [0.717, 1.165) is 22.9 Å². The summed E-state index contributed by atoms with van der Waals surface area (Å²) in [5, 5.41) is 1.91. The van der Waals surface area contributed by atoms with Crippen LogP contribution in [0.25, 0.3) is 10.8 Å². The van der Waals surface area contributed by atoms with Crippen molar-refractivity contribution in [1.82, 2.24) is 0 Å². The predicted octanol–water partition coefficient (Wildman–Crippen LogP) is 3.77. The second-order valence-electron chi connectivity index (χ2n) is 3.50. The summed E-state index contributed by atoms with van der Waals surface area (Å²) in [6, 6.07) is 10.5. The van der Waals surface area contributed by atoms with E-state index in [4.69, 9.17) is 4.74 Å². The lowest BCUT2D eigenvalue weighted by Crippen LogP contribution is -1.94. The zero-order valence-electron chi connectivity index (χ0n) is 8.66. The summed E-state index contributed by atoms with van der Waals surface area (Å²) in [4.78, 5) is 0. The summed E-state index contributed by atoms with van der Waals surface area (Å²) in [6.07, 6.45) is 0.973. The quantitative estimate of drug-likeness (QED) is 0.739. The van der Waals surface area contributed by atoms with Gasteiger partial charge in [0.25, 0.3) is 0 Å². The van der Waals surface area contributed by atoms with Crippen LogP contribution in [-0.4, -0.2) is 6.61 Å². The van der Waals surface area contributed by atoms with E-state index in [1.54, 1.807) is 6.07 Å². The average molecular weight is 204 g/mol. The molecule has 1 nitrogen and oxygen atoms in total. The van der Waals surface area contributed by atoms with Crippen LogP contribution in [0.5, 0.6) is 5.75 Å². The zero-order valence-corrected chi connectivity index (χ0v) is 8.66. The molecule has 2 aromatic rings. The molecule has 0 aliphatic rings.